The number of unbranched alkanes of at least 4 members (excludes halogenated alkanes) is 4. The van der Waals surface area contributed by atoms with E-state index in [1.165, 1.54) is 6.92 Å². The van der Waals surface area contributed by atoms with Crippen LogP contribution in [0.2, 0.25) is 0 Å². The SMILES string of the molecule is CCCCCc1cccc(CCCCC)c1OC(C)C(C)S(=O)(=O)O. The van der Waals surface area contributed by atoms with Crippen LogP contribution >= 0.6 is 0 Å². The Bertz CT molecular complexity index is 582. The van der Waals surface area contributed by atoms with Crippen molar-refractivity contribution in [2.45, 2.75) is 90.4 Å². The molecule has 1 rings (SSSR count). The Morgan fingerprint density at radius 1 is 0.960 bits per heavy atom. The third-order valence-electron chi connectivity index (χ3n) is 4.71. The Morgan fingerprint density at radius 2 is 1.44 bits per heavy atom. The lowest BCUT2D eigenvalue weighted by atomic mass is 9.99. The molecule has 144 valence electrons. The summed E-state index contributed by atoms with van der Waals surface area (Å²) in [7, 11) is -4.11. The van der Waals surface area contributed by atoms with E-state index in [-0.39, 0.29) is 0 Å². The largest absolute Gasteiger partial charge is 0.489 e. The molecule has 1 aromatic carbocycles. The molecule has 25 heavy (non-hydrogen) atoms. The van der Waals surface area contributed by atoms with Crippen LogP contribution in [0.5, 0.6) is 5.75 Å². The first-order valence-electron chi connectivity index (χ1n) is 9.54. The van der Waals surface area contributed by atoms with Crippen molar-refractivity contribution in [1.82, 2.24) is 0 Å². The summed E-state index contributed by atoms with van der Waals surface area (Å²) >= 11 is 0. The van der Waals surface area contributed by atoms with E-state index >= 15 is 0 Å². The van der Waals surface area contributed by atoms with Crippen molar-refractivity contribution in [1.29, 1.82) is 0 Å². The summed E-state index contributed by atoms with van der Waals surface area (Å²) in [6, 6.07) is 6.20. The molecule has 2 unspecified atom stereocenters. The summed E-state index contributed by atoms with van der Waals surface area (Å²) in [4.78, 5) is 0. The second-order valence-corrected chi connectivity index (χ2v) is 8.64. The quantitative estimate of drug-likeness (QED) is 0.406. The fourth-order valence-electron chi connectivity index (χ4n) is 2.84. The summed E-state index contributed by atoms with van der Waals surface area (Å²) < 4.78 is 38.3. The van der Waals surface area contributed by atoms with E-state index in [0.717, 1.165) is 68.2 Å². The van der Waals surface area contributed by atoms with Crippen molar-refractivity contribution in [3.05, 3.63) is 29.3 Å². The van der Waals surface area contributed by atoms with Crippen LogP contribution < -0.4 is 4.74 Å². The lowest BCUT2D eigenvalue weighted by Crippen LogP contribution is -2.33. The van der Waals surface area contributed by atoms with Gasteiger partial charge in [0.05, 0.1) is 0 Å². The molecular weight excluding hydrogens is 336 g/mol. The highest BCUT2D eigenvalue weighted by molar-refractivity contribution is 7.86. The van der Waals surface area contributed by atoms with Crippen LogP contribution in [-0.2, 0) is 23.0 Å². The molecule has 0 saturated carbocycles. The van der Waals surface area contributed by atoms with Crippen molar-refractivity contribution in [2.75, 3.05) is 0 Å². The molecule has 0 heterocycles. The van der Waals surface area contributed by atoms with Crippen molar-refractivity contribution >= 4 is 10.1 Å². The molecule has 0 aliphatic rings. The molecule has 0 spiro atoms. The van der Waals surface area contributed by atoms with Gasteiger partial charge in [-0.25, -0.2) is 0 Å². The number of hydrogen-bond donors (Lipinski definition) is 1. The number of benzene rings is 1. The molecule has 2 atom stereocenters. The second-order valence-electron chi connectivity index (χ2n) is 6.86. The lowest BCUT2D eigenvalue weighted by Gasteiger charge is -2.23. The van der Waals surface area contributed by atoms with Gasteiger partial charge in [-0.05, 0) is 50.7 Å². The van der Waals surface area contributed by atoms with Gasteiger partial charge in [0, 0.05) is 0 Å². The van der Waals surface area contributed by atoms with Crippen LogP contribution in [-0.4, -0.2) is 24.3 Å². The van der Waals surface area contributed by atoms with Gasteiger partial charge in [0.2, 0.25) is 0 Å². The van der Waals surface area contributed by atoms with Crippen molar-refractivity contribution in [2.24, 2.45) is 0 Å². The lowest BCUT2D eigenvalue weighted by molar-refractivity contribution is 0.210. The second kappa shape index (κ2) is 10.8. The normalized spacial score (nSPS) is 14.3. The molecule has 5 heteroatoms. The topological polar surface area (TPSA) is 63.6 Å². The monoisotopic (exact) mass is 370 g/mol. The Balaban J connectivity index is 3.03. The molecule has 0 amide bonds. The van der Waals surface area contributed by atoms with Crippen molar-refractivity contribution < 1.29 is 17.7 Å². The summed E-state index contributed by atoms with van der Waals surface area (Å²) in [6.07, 6.45) is 8.07. The summed E-state index contributed by atoms with van der Waals surface area (Å²) in [6.45, 7) is 7.54. The van der Waals surface area contributed by atoms with Gasteiger partial charge < -0.3 is 4.74 Å². The van der Waals surface area contributed by atoms with Crippen LogP contribution in [0.3, 0.4) is 0 Å². The molecule has 0 saturated heterocycles. The Morgan fingerprint density at radius 3 is 1.84 bits per heavy atom. The molecule has 0 fully saturated rings. The van der Waals surface area contributed by atoms with Gasteiger partial charge in [-0.15, -0.1) is 0 Å². The maximum atomic E-state index is 11.4. The first kappa shape index (κ1) is 22.0. The summed E-state index contributed by atoms with van der Waals surface area (Å²) in [5, 5.41) is -0.959. The highest BCUT2D eigenvalue weighted by Crippen LogP contribution is 2.29. The van der Waals surface area contributed by atoms with E-state index in [1.54, 1.807) is 6.92 Å². The van der Waals surface area contributed by atoms with Gasteiger partial charge >= 0.3 is 0 Å². The fraction of sp³-hybridized carbons (Fsp3) is 0.700. The van der Waals surface area contributed by atoms with Gasteiger partial charge in [-0.2, -0.15) is 8.42 Å². The van der Waals surface area contributed by atoms with Crippen LogP contribution in [0.4, 0.5) is 0 Å². The average Bonchev–Trinajstić information content (AvgIpc) is 2.56. The third kappa shape index (κ3) is 7.37. The van der Waals surface area contributed by atoms with Crippen LogP contribution in [0, 0.1) is 0 Å². The number of aryl methyl sites for hydroxylation is 2. The van der Waals surface area contributed by atoms with E-state index in [9.17, 15) is 13.0 Å². The molecule has 0 aliphatic carbocycles. The van der Waals surface area contributed by atoms with Gasteiger partial charge in [0.25, 0.3) is 10.1 Å². The number of ether oxygens (including phenoxy) is 1. The fourth-order valence-corrected chi connectivity index (χ4v) is 3.38. The molecule has 0 radical (unpaired) electrons. The Hall–Kier alpha value is -1.07. The van der Waals surface area contributed by atoms with Gasteiger partial charge in [-0.3, -0.25) is 4.55 Å². The molecule has 0 aliphatic heterocycles. The van der Waals surface area contributed by atoms with Gasteiger partial charge in [0.1, 0.15) is 17.1 Å². The van der Waals surface area contributed by atoms with E-state index in [4.69, 9.17) is 4.74 Å². The van der Waals surface area contributed by atoms with E-state index in [1.807, 2.05) is 0 Å². The zero-order valence-corrected chi connectivity index (χ0v) is 16.9. The standard InChI is InChI=1S/C20H34O4S/c1-5-7-9-12-18-14-11-15-19(13-10-8-6-2)20(18)24-16(3)17(4)25(21,22)23/h11,14-17H,5-10,12-13H2,1-4H3,(H,21,22,23). The van der Waals surface area contributed by atoms with E-state index in [2.05, 4.69) is 32.0 Å². The predicted octanol–water partition coefficient (Wildman–Crippen LogP) is 5.20. The average molecular weight is 371 g/mol. The van der Waals surface area contributed by atoms with E-state index < -0.39 is 21.5 Å². The maximum Gasteiger partial charge on any atom is 0.271 e. The number of hydrogen-bond acceptors (Lipinski definition) is 3. The zero-order valence-electron chi connectivity index (χ0n) is 16.1. The molecule has 4 nitrogen and oxygen atoms in total. The highest BCUT2D eigenvalue weighted by atomic mass is 32.2. The summed E-state index contributed by atoms with van der Waals surface area (Å²) in [5.41, 5.74) is 2.27. The van der Waals surface area contributed by atoms with Crippen LogP contribution in [0.1, 0.15) is 77.3 Å². The minimum Gasteiger partial charge on any atom is -0.489 e. The minimum absolute atomic E-state index is 0.604. The Labute approximate surface area is 153 Å². The van der Waals surface area contributed by atoms with Crippen LogP contribution in [0.15, 0.2) is 18.2 Å². The predicted molar refractivity (Wildman–Crippen MR) is 104 cm³/mol. The highest BCUT2D eigenvalue weighted by Gasteiger charge is 2.27. The molecule has 0 bridgehead atoms. The van der Waals surface area contributed by atoms with Crippen molar-refractivity contribution in [3.8, 4) is 5.75 Å². The van der Waals surface area contributed by atoms with Crippen molar-refractivity contribution in [3.63, 3.8) is 0 Å². The van der Waals surface area contributed by atoms with Crippen LogP contribution in [0.25, 0.3) is 0 Å². The first-order valence-corrected chi connectivity index (χ1v) is 11.0. The third-order valence-corrected chi connectivity index (χ3v) is 6.04. The van der Waals surface area contributed by atoms with Gasteiger partial charge in [0.15, 0.2) is 0 Å². The molecular formula is C20H34O4S. The van der Waals surface area contributed by atoms with Gasteiger partial charge in [-0.1, -0.05) is 57.7 Å². The smallest absolute Gasteiger partial charge is 0.271 e. The summed E-state index contributed by atoms with van der Waals surface area (Å²) in [5.74, 6) is 0.817. The minimum atomic E-state index is -4.11. The molecule has 0 aromatic heterocycles. The zero-order chi connectivity index (χ0) is 18.9. The number of rotatable bonds is 12. The van der Waals surface area contributed by atoms with E-state index in [0.29, 0.717) is 0 Å². The number of para-hydroxylation sites is 1. The first-order chi connectivity index (χ1) is 11.8. The Kier molecular flexibility index (Phi) is 9.51. The molecule has 1 aromatic rings. The maximum absolute atomic E-state index is 11.4. The molecule has 1 N–H and O–H groups in total.